The Labute approximate surface area is 99.2 Å². The summed E-state index contributed by atoms with van der Waals surface area (Å²) in [5.41, 5.74) is 14.7. The topological polar surface area (TPSA) is 64.1 Å². The maximum atomic E-state index is 13.2. The van der Waals surface area contributed by atoms with E-state index >= 15 is 0 Å². The van der Waals surface area contributed by atoms with Gasteiger partial charge in [-0.3, -0.25) is 0 Å². The van der Waals surface area contributed by atoms with Gasteiger partial charge < -0.3 is 16.8 Å². The Kier molecular flexibility index (Phi) is 2.87. The minimum Gasteiger partial charge on any atom is -0.397 e. The van der Waals surface area contributed by atoms with Crippen molar-refractivity contribution in [2.24, 2.45) is 0 Å². The predicted octanol–water partition coefficient (Wildman–Crippen LogP) is 3.04. The van der Waals surface area contributed by atoms with Gasteiger partial charge in [-0.05, 0) is 48.9 Å². The fraction of sp³-hybridized carbons (Fsp3) is 0.0769. The number of benzene rings is 2. The maximum Gasteiger partial charge on any atom is 0.125 e. The molecular weight excluding hydrogens is 217 g/mol. The van der Waals surface area contributed by atoms with Crippen LogP contribution in [-0.4, -0.2) is 0 Å². The normalized spacial score (nSPS) is 10.2. The Balaban J connectivity index is 2.28. The molecule has 0 fully saturated rings. The molecule has 17 heavy (non-hydrogen) atoms. The van der Waals surface area contributed by atoms with Gasteiger partial charge in [-0.1, -0.05) is 0 Å². The van der Waals surface area contributed by atoms with Crippen LogP contribution in [0.1, 0.15) is 5.56 Å². The zero-order valence-corrected chi connectivity index (χ0v) is 9.50. The van der Waals surface area contributed by atoms with E-state index in [1.807, 2.05) is 13.0 Å². The van der Waals surface area contributed by atoms with Crippen LogP contribution in [-0.2, 0) is 0 Å². The first kappa shape index (κ1) is 11.3. The molecule has 0 aliphatic heterocycles. The van der Waals surface area contributed by atoms with Crippen LogP contribution in [0.2, 0.25) is 0 Å². The molecule has 2 aromatic carbocycles. The Hall–Kier alpha value is -2.23. The summed E-state index contributed by atoms with van der Waals surface area (Å²) < 4.78 is 13.2. The standard InChI is InChI=1S/C13H14FN3/c1-8-4-9(14)6-11(5-8)17-10-2-3-12(15)13(16)7-10/h2-7,17H,15-16H2,1H3. The van der Waals surface area contributed by atoms with Gasteiger partial charge in [0.2, 0.25) is 0 Å². The highest BCUT2D eigenvalue weighted by Crippen LogP contribution is 2.24. The highest BCUT2D eigenvalue weighted by atomic mass is 19.1. The van der Waals surface area contributed by atoms with Crippen molar-refractivity contribution < 1.29 is 4.39 Å². The molecule has 0 aliphatic rings. The lowest BCUT2D eigenvalue weighted by Crippen LogP contribution is -1.97. The van der Waals surface area contributed by atoms with Gasteiger partial charge in [0.1, 0.15) is 5.82 Å². The van der Waals surface area contributed by atoms with Gasteiger partial charge in [-0.25, -0.2) is 4.39 Å². The predicted molar refractivity (Wildman–Crippen MR) is 69.7 cm³/mol. The molecule has 0 bridgehead atoms. The molecule has 0 saturated carbocycles. The zero-order chi connectivity index (χ0) is 12.4. The molecule has 5 N–H and O–H groups in total. The zero-order valence-electron chi connectivity index (χ0n) is 9.50. The molecule has 0 saturated heterocycles. The molecule has 3 nitrogen and oxygen atoms in total. The number of nitrogens with one attached hydrogen (secondary N) is 1. The molecule has 0 radical (unpaired) electrons. The Bertz CT molecular complexity index is 532. The lowest BCUT2D eigenvalue weighted by atomic mass is 10.2. The second-order valence-electron chi connectivity index (χ2n) is 3.99. The maximum absolute atomic E-state index is 13.2. The third-order valence-corrected chi connectivity index (χ3v) is 2.42. The number of halogens is 1. The van der Waals surface area contributed by atoms with E-state index in [2.05, 4.69) is 5.32 Å². The van der Waals surface area contributed by atoms with Crippen molar-refractivity contribution in [1.29, 1.82) is 0 Å². The number of rotatable bonds is 2. The SMILES string of the molecule is Cc1cc(F)cc(Nc2ccc(N)c(N)c2)c1. The van der Waals surface area contributed by atoms with Gasteiger partial charge in [0.15, 0.2) is 0 Å². The second-order valence-corrected chi connectivity index (χ2v) is 3.99. The third-order valence-electron chi connectivity index (χ3n) is 2.42. The summed E-state index contributed by atoms with van der Waals surface area (Å²) in [4.78, 5) is 0. The fourth-order valence-electron chi connectivity index (χ4n) is 1.63. The van der Waals surface area contributed by atoms with E-state index in [0.717, 1.165) is 11.3 Å². The van der Waals surface area contributed by atoms with Crippen LogP contribution in [0.4, 0.5) is 27.1 Å². The highest BCUT2D eigenvalue weighted by Gasteiger charge is 2.00. The summed E-state index contributed by atoms with van der Waals surface area (Å²) in [5.74, 6) is -0.268. The Morgan fingerprint density at radius 1 is 0.941 bits per heavy atom. The molecule has 0 aliphatic carbocycles. The lowest BCUT2D eigenvalue weighted by Gasteiger charge is -2.09. The van der Waals surface area contributed by atoms with Gasteiger partial charge in [-0.2, -0.15) is 0 Å². The number of nitrogen functional groups attached to an aromatic ring is 2. The number of hydrogen-bond acceptors (Lipinski definition) is 3. The molecule has 0 atom stereocenters. The minimum atomic E-state index is -0.268. The van der Waals surface area contributed by atoms with Crippen LogP contribution in [0.25, 0.3) is 0 Å². The first-order valence-electron chi connectivity index (χ1n) is 5.24. The van der Waals surface area contributed by atoms with Crippen LogP contribution in [0, 0.1) is 12.7 Å². The second kappa shape index (κ2) is 4.33. The monoisotopic (exact) mass is 231 g/mol. The van der Waals surface area contributed by atoms with E-state index in [1.54, 1.807) is 18.2 Å². The van der Waals surface area contributed by atoms with E-state index < -0.39 is 0 Å². The van der Waals surface area contributed by atoms with E-state index in [1.165, 1.54) is 12.1 Å². The van der Waals surface area contributed by atoms with Gasteiger partial charge in [0.05, 0.1) is 11.4 Å². The van der Waals surface area contributed by atoms with Crippen molar-refractivity contribution in [2.45, 2.75) is 6.92 Å². The Morgan fingerprint density at radius 2 is 1.71 bits per heavy atom. The van der Waals surface area contributed by atoms with Crippen LogP contribution in [0.15, 0.2) is 36.4 Å². The van der Waals surface area contributed by atoms with E-state index in [9.17, 15) is 4.39 Å². The summed E-state index contributed by atoms with van der Waals surface area (Å²) in [5, 5.41) is 3.08. The van der Waals surface area contributed by atoms with Crippen molar-refractivity contribution in [3.63, 3.8) is 0 Å². The number of anilines is 4. The van der Waals surface area contributed by atoms with Crippen molar-refractivity contribution in [3.8, 4) is 0 Å². The lowest BCUT2D eigenvalue weighted by molar-refractivity contribution is 0.627. The van der Waals surface area contributed by atoms with Crippen molar-refractivity contribution >= 4 is 22.7 Å². The molecule has 0 unspecified atom stereocenters. The van der Waals surface area contributed by atoms with Crippen molar-refractivity contribution in [1.82, 2.24) is 0 Å². The van der Waals surface area contributed by atoms with Crippen LogP contribution < -0.4 is 16.8 Å². The third kappa shape index (κ3) is 2.66. The largest absolute Gasteiger partial charge is 0.397 e. The van der Waals surface area contributed by atoms with Gasteiger partial charge in [-0.15, -0.1) is 0 Å². The number of hydrogen-bond donors (Lipinski definition) is 3. The molecule has 0 spiro atoms. The smallest absolute Gasteiger partial charge is 0.125 e. The summed E-state index contributed by atoms with van der Waals surface area (Å²) in [6, 6.07) is 9.99. The number of aryl methyl sites for hydroxylation is 1. The fourth-order valence-corrected chi connectivity index (χ4v) is 1.63. The molecule has 2 rings (SSSR count). The van der Waals surface area contributed by atoms with E-state index in [0.29, 0.717) is 17.1 Å². The molecule has 2 aromatic rings. The average molecular weight is 231 g/mol. The number of nitrogens with two attached hydrogens (primary N) is 2. The molecule has 0 heterocycles. The van der Waals surface area contributed by atoms with E-state index in [4.69, 9.17) is 11.5 Å². The molecule has 4 heteroatoms. The van der Waals surface area contributed by atoms with E-state index in [-0.39, 0.29) is 5.82 Å². The summed E-state index contributed by atoms with van der Waals surface area (Å²) in [7, 11) is 0. The van der Waals surface area contributed by atoms with Crippen LogP contribution in [0.5, 0.6) is 0 Å². The van der Waals surface area contributed by atoms with Crippen molar-refractivity contribution in [2.75, 3.05) is 16.8 Å². The first-order valence-corrected chi connectivity index (χ1v) is 5.24. The summed E-state index contributed by atoms with van der Waals surface area (Å²) in [6.07, 6.45) is 0. The molecule has 0 amide bonds. The van der Waals surface area contributed by atoms with Gasteiger partial charge in [0, 0.05) is 11.4 Å². The minimum absolute atomic E-state index is 0.268. The quantitative estimate of drug-likeness (QED) is 0.696. The first-order chi connectivity index (χ1) is 8.04. The van der Waals surface area contributed by atoms with Crippen molar-refractivity contribution in [3.05, 3.63) is 47.8 Å². The summed E-state index contributed by atoms with van der Waals surface area (Å²) in [6.45, 7) is 1.84. The average Bonchev–Trinajstić information content (AvgIpc) is 2.22. The van der Waals surface area contributed by atoms with Crippen LogP contribution in [0.3, 0.4) is 0 Å². The molecular formula is C13H14FN3. The summed E-state index contributed by atoms with van der Waals surface area (Å²) >= 11 is 0. The van der Waals surface area contributed by atoms with Crippen LogP contribution >= 0.6 is 0 Å². The highest BCUT2D eigenvalue weighted by molar-refractivity contribution is 5.72. The molecule has 0 aromatic heterocycles. The van der Waals surface area contributed by atoms with Gasteiger partial charge >= 0.3 is 0 Å². The molecule has 88 valence electrons. The Morgan fingerprint density at radius 3 is 2.35 bits per heavy atom. The van der Waals surface area contributed by atoms with Gasteiger partial charge in [0.25, 0.3) is 0 Å².